The van der Waals surface area contributed by atoms with Gasteiger partial charge < -0.3 is 10.4 Å². The van der Waals surface area contributed by atoms with Crippen LogP contribution in [-0.4, -0.2) is 39.2 Å². The van der Waals surface area contributed by atoms with E-state index in [-0.39, 0.29) is 18.4 Å². The first-order valence-corrected chi connectivity index (χ1v) is 6.94. The molecule has 0 aromatic heterocycles. The summed E-state index contributed by atoms with van der Waals surface area (Å²) in [6.45, 7) is 3.49. The lowest BCUT2D eigenvalue weighted by atomic mass is 9.98. The van der Waals surface area contributed by atoms with E-state index in [4.69, 9.17) is 5.11 Å². The number of amides is 1. The monoisotopic (exact) mass is 354 g/mol. The second-order valence-corrected chi connectivity index (χ2v) is 5.57. The summed E-state index contributed by atoms with van der Waals surface area (Å²) in [5, 5.41) is 11.9. The van der Waals surface area contributed by atoms with Gasteiger partial charge in [0.25, 0.3) is 0 Å². The quantitative estimate of drug-likeness (QED) is 0.430. The number of carbonyl (C=O) groups excluding carboxylic acids is 1. The van der Waals surface area contributed by atoms with Gasteiger partial charge in [0.2, 0.25) is 5.91 Å². The summed E-state index contributed by atoms with van der Waals surface area (Å²) in [4.78, 5) is 22.7. The number of carboxylic acid groups (broad SMARTS) is 1. The minimum absolute atomic E-state index is 0.0433. The Morgan fingerprint density at radius 1 is 1.53 bits per heavy atom. The molecule has 0 aliphatic carbocycles. The van der Waals surface area contributed by atoms with Crippen LogP contribution in [0.4, 0.5) is 0 Å². The molecule has 1 heterocycles. The molecule has 2 atom stereocenters. The number of rotatable bonds is 6. The van der Waals surface area contributed by atoms with Gasteiger partial charge in [0.15, 0.2) is 0 Å². The third-order valence-corrected chi connectivity index (χ3v) is 4.24. The molecule has 1 saturated heterocycles. The molecule has 0 aromatic carbocycles. The van der Waals surface area contributed by atoms with Crippen LogP contribution in [-0.2, 0) is 9.59 Å². The summed E-state index contributed by atoms with van der Waals surface area (Å²) < 4.78 is 1.94. The number of unbranched alkanes of at least 4 members (excludes halogenated alkanes) is 1. The Morgan fingerprint density at radius 3 is 2.82 bits per heavy atom. The van der Waals surface area contributed by atoms with Gasteiger partial charge in [-0.1, -0.05) is 13.3 Å². The highest BCUT2D eigenvalue weighted by Crippen LogP contribution is 2.29. The van der Waals surface area contributed by atoms with Crippen molar-refractivity contribution in [1.82, 2.24) is 8.43 Å². The largest absolute Gasteiger partial charge is 0.481 e. The molecule has 0 saturated carbocycles. The predicted octanol–water partition coefficient (Wildman–Crippen LogP) is 1.42. The maximum absolute atomic E-state index is 11.7. The number of hydrogen-bond acceptors (Lipinski definition) is 3. The average molecular weight is 354 g/mol. The molecule has 2 unspecified atom stereocenters. The summed E-state index contributed by atoms with van der Waals surface area (Å²) >= 11 is 2.11. The molecule has 1 fully saturated rings. The molecule has 2 N–H and O–H groups in total. The van der Waals surface area contributed by atoms with Crippen molar-refractivity contribution in [2.75, 3.05) is 13.1 Å². The van der Waals surface area contributed by atoms with Crippen molar-refractivity contribution >= 4 is 34.7 Å². The van der Waals surface area contributed by atoms with Gasteiger partial charge >= 0.3 is 5.97 Å². The van der Waals surface area contributed by atoms with E-state index in [0.29, 0.717) is 13.0 Å². The molecular weight excluding hydrogens is 335 g/mol. The zero-order valence-electron chi connectivity index (χ0n) is 9.99. The molecular formula is C11H19IN2O3. The van der Waals surface area contributed by atoms with E-state index in [1.54, 1.807) is 0 Å². The molecule has 1 aliphatic rings. The highest BCUT2D eigenvalue weighted by molar-refractivity contribution is 14.1. The van der Waals surface area contributed by atoms with Gasteiger partial charge in [0, 0.05) is 48.4 Å². The maximum Gasteiger partial charge on any atom is 0.308 e. The standard InChI is InChI=1S/C11H19IN2O3/c1-2-3-5-13-10(15)7-9-8(11(16)17)4-6-14(9)12/h8-9H,2-7H2,1H3,(H,13,15)(H,16,17). The number of aliphatic carboxylic acids is 1. The molecule has 1 amide bonds. The van der Waals surface area contributed by atoms with Crippen molar-refractivity contribution in [2.45, 2.75) is 38.6 Å². The fourth-order valence-corrected chi connectivity index (χ4v) is 2.88. The van der Waals surface area contributed by atoms with E-state index >= 15 is 0 Å². The molecule has 6 heteroatoms. The summed E-state index contributed by atoms with van der Waals surface area (Å²) in [6.07, 6.45) is 2.92. The Morgan fingerprint density at radius 2 is 2.24 bits per heavy atom. The Bertz CT molecular complexity index is 286. The molecule has 1 rings (SSSR count). The van der Waals surface area contributed by atoms with Crippen molar-refractivity contribution in [3.63, 3.8) is 0 Å². The van der Waals surface area contributed by atoms with E-state index in [9.17, 15) is 9.59 Å². The van der Waals surface area contributed by atoms with Crippen molar-refractivity contribution in [1.29, 1.82) is 0 Å². The highest BCUT2D eigenvalue weighted by Gasteiger charge is 2.38. The molecule has 17 heavy (non-hydrogen) atoms. The maximum atomic E-state index is 11.7. The van der Waals surface area contributed by atoms with Gasteiger partial charge in [-0.25, -0.2) is 3.11 Å². The molecule has 0 spiro atoms. The first-order valence-electron chi connectivity index (χ1n) is 5.98. The van der Waals surface area contributed by atoms with E-state index in [0.717, 1.165) is 19.4 Å². The van der Waals surface area contributed by atoms with Crippen molar-refractivity contribution in [3.05, 3.63) is 0 Å². The van der Waals surface area contributed by atoms with Gasteiger partial charge in [-0.05, 0) is 12.8 Å². The minimum Gasteiger partial charge on any atom is -0.481 e. The third-order valence-electron chi connectivity index (χ3n) is 3.04. The third kappa shape index (κ3) is 4.42. The Balaban J connectivity index is 2.42. The van der Waals surface area contributed by atoms with Crippen molar-refractivity contribution in [3.8, 4) is 0 Å². The van der Waals surface area contributed by atoms with Crippen molar-refractivity contribution in [2.24, 2.45) is 5.92 Å². The second-order valence-electron chi connectivity index (χ2n) is 4.33. The number of carbonyl (C=O) groups is 2. The topological polar surface area (TPSA) is 69.6 Å². The lowest BCUT2D eigenvalue weighted by Gasteiger charge is -2.20. The fraction of sp³-hybridized carbons (Fsp3) is 0.818. The lowest BCUT2D eigenvalue weighted by Crippen LogP contribution is -2.36. The lowest BCUT2D eigenvalue weighted by molar-refractivity contribution is -0.142. The van der Waals surface area contributed by atoms with E-state index in [2.05, 4.69) is 35.1 Å². The minimum atomic E-state index is -0.796. The second kappa shape index (κ2) is 7.15. The average Bonchev–Trinajstić information content (AvgIpc) is 2.61. The zero-order valence-corrected chi connectivity index (χ0v) is 12.1. The Hall–Kier alpha value is -0.370. The van der Waals surface area contributed by atoms with Crippen LogP contribution in [0.15, 0.2) is 0 Å². The molecule has 1 aliphatic heterocycles. The SMILES string of the molecule is CCCCNC(=O)CC1C(C(=O)O)CCN1I. The number of halogens is 1. The van der Waals surface area contributed by atoms with E-state index in [1.807, 2.05) is 3.11 Å². The van der Waals surface area contributed by atoms with Crippen LogP contribution in [0.2, 0.25) is 0 Å². The molecule has 5 nitrogen and oxygen atoms in total. The Labute approximate surface area is 115 Å². The van der Waals surface area contributed by atoms with E-state index < -0.39 is 11.9 Å². The summed E-state index contributed by atoms with van der Waals surface area (Å²) in [5.41, 5.74) is 0. The molecule has 0 radical (unpaired) electrons. The van der Waals surface area contributed by atoms with E-state index in [1.165, 1.54) is 0 Å². The van der Waals surface area contributed by atoms with Crippen LogP contribution in [0, 0.1) is 5.92 Å². The van der Waals surface area contributed by atoms with Gasteiger partial charge in [-0.15, -0.1) is 0 Å². The number of hydrogen-bond donors (Lipinski definition) is 2. The first-order chi connectivity index (χ1) is 8.06. The van der Waals surface area contributed by atoms with Crippen LogP contribution >= 0.6 is 22.9 Å². The van der Waals surface area contributed by atoms with Gasteiger partial charge in [0.05, 0.1) is 5.92 Å². The summed E-state index contributed by atoms with van der Waals surface area (Å²) in [5.74, 6) is -1.25. The normalized spacial score (nSPS) is 24.8. The molecule has 0 bridgehead atoms. The Kier molecular flexibility index (Phi) is 6.18. The number of nitrogens with zero attached hydrogens (tertiary/aromatic N) is 1. The fourth-order valence-electron chi connectivity index (χ4n) is 2.01. The van der Waals surface area contributed by atoms with Crippen LogP contribution in [0.5, 0.6) is 0 Å². The summed E-state index contributed by atoms with van der Waals surface area (Å²) in [7, 11) is 0. The zero-order chi connectivity index (χ0) is 12.8. The van der Waals surface area contributed by atoms with Crippen LogP contribution in [0.25, 0.3) is 0 Å². The van der Waals surface area contributed by atoms with Crippen LogP contribution < -0.4 is 5.32 Å². The number of nitrogens with one attached hydrogen (secondary N) is 1. The van der Waals surface area contributed by atoms with Crippen LogP contribution in [0.1, 0.15) is 32.6 Å². The van der Waals surface area contributed by atoms with Gasteiger partial charge in [0.1, 0.15) is 0 Å². The van der Waals surface area contributed by atoms with Crippen LogP contribution in [0.3, 0.4) is 0 Å². The molecule has 0 aromatic rings. The number of carboxylic acids is 1. The smallest absolute Gasteiger partial charge is 0.308 e. The highest BCUT2D eigenvalue weighted by atomic mass is 127. The predicted molar refractivity (Wildman–Crippen MR) is 72.8 cm³/mol. The summed E-state index contributed by atoms with van der Waals surface area (Å²) in [6, 6.07) is -0.172. The molecule has 98 valence electrons. The van der Waals surface area contributed by atoms with Crippen molar-refractivity contribution < 1.29 is 14.7 Å². The van der Waals surface area contributed by atoms with Gasteiger partial charge in [-0.3, -0.25) is 9.59 Å². The van der Waals surface area contributed by atoms with Gasteiger partial charge in [-0.2, -0.15) is 0 Å². The first kappa shape index (κ1) is 14.7.